The maximum atomic E-state index is 12.6. The van der Waals surface area contributed by atoms with Crippen molar-refractivity contribution in [3.8, 4) is 11.5 Å². The van der Waals surface area contributed by atoms with Crippen LogP contribution in [0, 0.1) is 0 Å². The third kappa shape index (κ3) is 8.31. The topological polar surface area (TPSA) is 122 Å². The zero-order valence-corrected chi connectivity index (χ0v) is 27.4. The standard InChI is InChI=1S/C22H30N2O4.C11H12F2N4O/c1-20(2,3)28-19(27)24-11-10-23(14-22(24)8-9-22)17-7-6-16(13-25)18(12-17)21(4,5)15-26;1-17(2)6-8-4-3-7(5-14-8)10-15-16-11(18-10)9(12)13/h6-7,12-13,15H,8-11,14H2,1-5H3;3-5,9H,6H2,1-2H3. The number of anilines is 1. The Labute approximate surface area is 267 Å². The van der Waals surface area contributed by atoms with E-state index in [0.717, 1.165) is 48.9 Å². The first-order chi connectivity index (χ1) is 21.6. The number of rotatable bonds is 8. The number of aromatic nitrogens is 3. The fourth-order valence-corrected chi connectivity index (χ4v) is 5.25. The molecule has 0 radical (unpaired) electrons. The highest BCUT2D eigenvalue weighted by molar-refractivity contribution is 5.83. The van der Waals surface area contributed by atoms with Crippen molar-refractivity contribution in [1.82, 2.24) is 25.0 Å². The van der Waals surface area contributed by atoms with Crippen LogP contribution in [0.5, 0.6) is 0 Å². The van der Waals surface area contributed by atoms with E-state index in [-0.39, 0.29) is 17.5 Å². The van der Waals surface area contributed by atoms with Gasteiger partial charge in [0.1, 0.15) is 18.2 Å². The number of hydrogen-bond donors (Lipinski definition) is 0. The third-order valence-corrected chi connectivity index (χ3v) is 7.79. The van der Waals surface area contributed by atoms with Gasteiger partial charge in [0.15, 0.2) is 0 Å². The van der Waals surface area contributed by atoms with Crippen LogP contribution in [0.25, 0.3) is 11.5 Å². The number of piperazine rings is 1. The van der Waals surface area contributed by atoms with Gasteiger partial charge in [-0.15, -0.1) is 10.2 Å². The minimum Gasteiger partial charge on any atom is -0.444 e. The number of benzene rings is 1. The molecular formula is C33H42F2N6O5. The van der Waals surface area contributed by atoms with E-state index in [1.165, 1.54) is 6.20 Å². The van der Waals surface area contributed by atoms with Gasteiger partial charge in [0.25, 0.3) is 5.89 Å². The lowest BCUT2D eigenvalue weighted by Gasteiger charge is -2.43. The third-order valence-electron chi connectivity index (χ3n) is 7.79. The van der Waals surface area contributed by atoms with Gasteiger partial charge in [0.05, 0.1) is 16.8 Å². The Bertz CT molecular complexity index is 1530. The van der Waals surface area contributed by atoms with Gasteiger partial charge in [-0.25, -0.2) is 4.79 Å². The van der Waals surface area contributed by atoms with E-state index in [1.807, 2.05) is 70.6 Å². The Morgan fingerprint density at radius 3 is 2.33 bits per heavy atom. The van der Waals surface area contributed by atoms with Crippen LogP contribution in [0.2, 0.25) is 0 Å². The monoisotopic (exact) mass is 640 g/mol. The molecule has 3 heterocycles. The van der Waals surface area contributed by atoms with Crippen molar-refractivity contribution in [3.05, 3.63) is 59.2 Å². The molecule has 1 aliphatic heterocycles. The molecule has 0 bridgehead atoms. The summed E-state index contributed by atoms with van der Waals surface area (Å²) in [6, 6.07) is 9.16. The molecule has 1 amide bonds. The number of aldehydes is 2. The van der Waals surface area contributed by atoms with E-state index in [2.05, 4.69) is 20.1 Å². The molecule has 5 rings (SSSR count). The smallest absolute Gasteiger partial charge is 0.410 e. The van der Waals surface area contributed by atoms with Crippen molar-refractivity contribution in [1.29, 1.82) is 0 Å². The predicted molar refractivity (Wildman–Crippen MR) is 168 cm³/mol. The molecule has 248 valence electrons. The Morgan fingerprint density at radius 1 is 1.09 bits per heavy atom. The summed E-state index contributed by atoms with van der Waals surface area (Å²) < 4.78 is 35.0. The summed E-state index contributed by atoms with van der Waals surface area (Å²) in [4.78, 5) is 45.9. The summed E-state index contributed by atoms with van der Waals surface area (Å²) in [6.45, 7) is 12.0. The minimum atomic E-state index is -2.76. The van der Waals surface area contributed by atoms with Crippen molar-refractivity contribution in [2.75, 3.05) is 38.6 Å². The second-order valence-corrected chi connectivity index (χ2v) is 13.5. The maximum absolute atomic E-state index is 12.6. The first kappa shape index (κ1) is 34.6. The van der Waals surface area contributed by atoms with Crippen LogP contribution in [0.15, 0.2) is 40.9 Å². The van der Waals surface area contributed by atoms with Crippen molar-refractivity contribution in [2.24, 2.45) is 0 Å². The number of ether oxygens (including phenoxy) is 1. The summed E-state index contributed by atoms with van der Waals surface area (Å²) in [5, 5.41) is 6.81. The normalized spacial score (nSPS) is 15.9. The fraction of sp³-hybridized carbons (Fsp3) is 0.515. The van der Waals surface area contributed by atoms with Gasteiger partial charge >= 0.3 is 12.5 Å². The van der Waals surface area contributed by atoms with Crippen LogP contribution < -0.4 is 4.90 Å². The lowest BCUT2D eigenvalue weighted by molar-refractivity contribution is -0.111. The highest BCUT2D eigenvalue weighted by atomic mass is 19.3. The van der Waals surface area contributed by atoms with Gasteiger partial charge < -0.3 is 23.7 Å². The number of carbonyl (C=O) groups is 3. The minimum absolute atomic E-state index is 0.0502. The molecule has 1 saturated heterocycles. The molecule has 1 aromatic carbocycles. The maximum Gasteiger partial charge on any atom is 0.410 e. The van der Waals surface area contributed by atoms with Crippen LogP contribution in [0.3, 0.4) is 0 Å². The van der Waals surface area contributed by atoms with Gasteiger partial charge in [0, 0.05) is 49.0 Å². The van der Waals surface area contributed by atoms with Crippen LogP contribution in [0.1, 0.15) is 81.4 Å². The average Bonchev–Trinajstić information content (AvgIpc) is 3.55. The quantitative estimate of drug-likeness (QED) is 0.284. The Balaban J connectivity index is 0.000000230. The van der Waals surface area contributed by atoms with Crippen LogP contribution in [-0.2, 0) is 21.5 Å². The molecule has 0 N–H and O–H groups in total. The van der Waals surface area contributed by atoms with Gasteiger partial charge in [-0.2, -0.15) is 8.78 Å². The molecule has 13 heteroatoms. The SMILES string of the molecule is CC(C)(C)OC(=O)N1CCN(c2ccc(C=O)c(C(C)(C)C=O)c2)CC12CC2.CN(C)Cc1ccc(-c2nnc(C(F)F)o2)cn1. The first-order valence-electron chi connectivity index (χ1n) is 15.1. The molecule has 2 aliphatic rings. The Kier molecular flexibility index (Phi) is 10.2. The number of nitrogens with zero attached hydrogens (tertiary/aromatic N) is 6. The predicted octanol–water partition coefficient (Wildman–Crippen LogP) is 5.70. The molecule has 2 fully saturated rings. The number of halogens is 2. The zero-order chi connectivity index (χ0) is 33.9. The summed E-state index contributed by atoms with van der Waals surface area (Å²) in [5.41, 5.74) is 2.22. The molecule has 0 unspecified atom stereocenters. The van der Waals surface area contributed by atoms with E-state index in [4.69, 9.17) is 9.15 Å². The summed E-state index contributed by atoms with van der Waals surface area (Å²) in [7, 11) is 3.87. The second-order valence-electron chi connectivity index (χ2n) is 13.5. The number of carbonyl (C=O) groups excluding carboxylic acids is 3. The van der Waals surface area contributed by atoms with E-state index >= 15 is 0 Å². The molecule has 1 saturated carbocycles. The fourth-order valence-electron chi connectivity index (χ4n) is 5.25. The molecule has 1 spiro atoms. The highest BCUT2D eigenvalue weighted by Gasteiger charge is 2.54. The number of pyridine rings is 1. The summed E-state index contributed by atoms with van der Waals surface area (Å²) in [5.74, 6) is -0.628. The van der Waals surface area contributed by atoms with E-state index in [9.17, 15) is 23.2 Å². The second kappa shape index (κ2) is 13.6. The lowest BCUT2D eigenvalue weighted by atomic mass is 9.83. The first-order valence-corrected chi connectivity index (χ1v) is 15.1. The molecule has 1 aliphatic carbocycles. The molecule has 46 heavy (non-hydrogen) atoms. The van der Waals surface area contributed by atoms with Crippen molar-refractivity contribution < 1.29 is 32.3 Å². The van der Waals surface area contributed by atoms with Gasteiger partial charge in [0.2, 0.25) is 5.89 Å². The molecule has 3 aromatic rings. The Hall–Kier alpha value is -4.26. The largest absolute Gasteiger partial charge is 0.444 e. The molecule has 2 aromatic heterocycles. The summed E-state index contributed by atoms with van der Waals surface area (Å²) in [6.07, 6.45) is 2.12. The summed E-state index contributed by atoms with van der Waals surface area (Å²) >= 11 is 0. The van der Waals surface area contributed by atoms with E-state index < -0.39 is 23.3 Å². The Morgan fingerprint density at radius 2 is 1.80 bits per heavy atom. The molecule has 0 atom stereocenters. The van der Waals surface area contributed by atoms with Crippen molar-refractivity contribution in [3.63, 3.8) is 0 Å². The van der Waals surface area contributed by atoms with Crippen LogP contribution in [0.4, 0.5) is 19.3 Å². The van der Waals surface area contributed by atoms with Gasteiger partial charge in [-0.05, 0) is 97.5 Å². The van der Waals surface area contributed by atoms with Crippen LogP contribution in [-0.4, -0.2) is 88.5 Å². The molecular weight excluding hydrogens is 598 g/mol. The van der Waals surface area contributed by atoms with Gasteiger partial charge in [-0.1, -0.05) is 0 Å². The van der Waals surface area contributed by atoms with Crippen LogP contribution >= 0.6 is 0 Å². The average molecular weight is 641 g/mol. The highest BCUT2D eigenvalue weighted by Crippen LogP contribution is 2.46. The lowest BCUT2D eigenvalue weighted by Crippen LogP contribution is -2.58. The number of alkyl halides is 2. The van der Waals surface area contributed by atoms with E-state index in [0.29, 0.717) is 30.8 Å². The number of hydrogen-bond acceptors (Lipinski definition) is 10. The zero-order valence-electron chi connectivity index (χ0n) is 27.4. The van der Waals surface area contributed by atoms with Crippen molar-refractivity contribution in [2.45, 2.75) is 77.0 Å². The molecule has 11 nitrogen and oxygen atoms in total. The van der Waals surface area contributed by atoms with Crippen molar-refractivity contribution >= 4 is 24.4 Å². The number of amides is 1. The van der Waals surface area contributed by atoms with Gasteiger partial charge in [-0.3, -0.25) is 14.7 Å². The van der Waals surface area contributed by atoms with E-state index in [1.54, 1.807) is 18.2 Å².